The van der Waals surface area contributed by atoms with E-state index in [1.165, 1.54) is 18.9 Å². The van der Waals surface area contributed by atoms with Crippen LogP contribution in [0.15, 0.2) is 41.5 Å². The third kappa shape index (κ3) is 2.49. The molecule has 0 bridgehead atoms. The fraction of sp³-hybridized carbons (Fsp3) is 0.333. The molecule has 2 heterocycles. The van der Waals surface area contributed by atoms with Crippen LogP contribution < -0.4 is 4.90 Å². The molecular weight excluding hydrogens is 277 g/mol. The van der Waals surface area contributed by atoms with Crippen LogP contribution in [0.5, 0.6) is 0 Å². The normalized spacial score (nSPS) is 17.2. The molecule has 1 aromatic heterocycles. The molecule has 1 fully saturated rings. The highest BCUT2D eigenvalue weighted by atomic mass is 19.1. The summed E-state index contributed by atoms with van der Waals surface area (Å²) in [5.41, 5.74) is 3.86. The molecule has 4 rings (SSSR count). The Morgan fingerprint density at radius 3 is 2.91 bits per heavy atom. The third-order valence-corrected chi connectivity index (χ3v) is 4.34. The van der Waals surface area contributed by atoms with Crippen LogP contribution in [-0.4, -0.2) is 23.8 Å². The van der Waals surface area contributed by atoms with E-state index in [-0.39, 0.29) is 5.82 Å². The Hall–Kier alpha value is -2.23. The predicted molar refractivity (Wildman–Crippen MR) is 86.5 cm³/mol. The molecule has 1 aliphatic heterocycles. The quantitative estimate of drug-likeness (QED) is 0.859. The van der Waals surface area contributed by atoms with Crippen LogP contribution in [-0.2, 0) is 0 Å². The van der Waals surface area contributed by atoms with Gasteiger partial charge in [-0.3, -0.25) is 0 Å². The molecule has 0 radical (unpaired) electrons. The predicted octanol–water partition coefficient (Wildman–Crippen LogP) is 3.88. The van der Waals surface area contributed by atoms with Gasteiger partial charge >= 0.3 is 0 Å². The van der Waals surface area contributed by atoms with Gasteiger partial charge in [0, 0.05) is 18.3 Å². The van der Waals surface area contributed by atoms with Crippen molar-refractivity contribution in [1.82, 2.24) is 4.98 Å². The number of fused-ring (bicyclic) bond motifs is 1. The summed E-state index contributed by atoms with van der Waals surface area (Å²) < 4.78 is 13.4. The lowest BCUT2D eigenvalue weighted by Gasteiger charge is -2.29. The number of benzene rings is 1. The Labute approximate surface area is 129 Å². The van der Waals surface area contributed by atoms with Crippen molar-refractivity contribution in [2.24, 2.45) is 10.9 Å². The number of halogens is 1. The molecule has 2 aliphatic rings. The van der Waals surface area contributed by atoms with Crippen molar-refractivity contribution in [3.05, 3.63) is 53.5 Å². The summed E-state index contributed by atoms with van der Waals surface area (Å²) in [5.74, 6) is 1.55. The number of aryl methyl sites for hydroxylation is 1. The fourth-order valence-corrected chi connectivity index (χ4v) is 3.02. The van der Waals surface area contributed by atoms with Crippen molar-refractivity contribution in [2.75, 3.05) is 18.0 Å². The maximum absolute atomic E-state index is 13.4. The molecular formula is C18H18FN3. The van der Waals surface area contributed by atoms with Crippen LogP contribution in [0.1, 0.15) is 24.0 Å². The first-order valence-corrected chi connectivity index (χ1v) is 7.75. The van der Waals surface area contributed by atoms with Gasteiger partial charge in [0.2, 0.25) is 0 Å². The van der Waals surface area contributed by atoms with E-state index in [1.807, 2.05) is 31.3 Å². The van der Waals surface area contributed by atoms with Crippen molar-refractivity contribution in [3.8, 4) is 0 Å². The summed E-state index contributed by atoms with van der Waals surface area (Å²) >= 11 is 0. The fourth-order valence-electron chi connectivity index (χ4n) is 3.02. The van der Waals surface area contributed by atoms with Crippen molar-refractivity contribution >= 4 is 17.2 Å². The van der Waals surface area contributed by atoms with E-state index in [4.69, 9.17) is 4.99 Å². The Morgan fingerprint density at radius 1 is 1.27 bits per heavy atom. The number of hydrogen-bond acceptors (Lipinski definition) is 3. The van der Waals surface area contributed by atoms with Gasteiger partial charge in [-0.25, -0.2) is 14.4 Å². The molecule has 0 unspecified atom stereocenters. The highest BCUT2D eigenvalue weighted by Crippen LogP contribution is 2.36. The topological polar surface area (TPSA) is 28.5 Å². The summed E-state index contributed by atoms with van der Waals surface area (Å²) in [6.45, 7) is 3.71. The smallest absolute Gasteiger partial charge is 0.154 e. The highest BCUT2D eigenvalue weighted by Gasteiger charge is 2.29. The number of aromatic nitrogens is 1. The molecule has 1 saturated carbocycles. The van der Waals surface area contributed by atoms with Gasteiger partial charge in [0.25, 0.3) is 0 Å². The van der Waals surface area contributed by atoms with Gasteiger partial charge in [0.1, 0.15) is 11.5 Å². The first-order chi connectivity index (χ1) is 10.7. The second-order valence-corrected chi connectivity index (χ2v) is 6.19. The summed E-state index contributed by atoms with van der Waals surface area (Å²) in [4.78, 5) is 11.6. The van der Waals surface area contributed by atoms with Crippen LogP contribution in [0, 0.1) is 18.7 Å². The summed E-state index contributed by atoms with van der Waals surface area (Å²) in [6.07, 6.45) is 4.43. The second kappa shape index (κ2) is 5.20. The van der Waals surface area contributed by atoms with Gasteiger partial charge in [0.05, 0.1) is 12.3 Å². The van der Waals surface area contributed by atoms with Gasteiger partial charge in [-0.05, 0) is 61.6 Å². The molecule has 22 heavy (non-hydrogen) atoms. The molecule has 1 aromatic carbocycles. The van der Waals surface area contributed by atoms with E-state index in [0.29, 0.717) is 0 Å². The van der Waals surface area contributed by atoms with Crippen LogP contribution in [0.3, 0.4) is 0 Å². The molecule has 1 aliphatic carbocycles. The first-order valence-electron chi connectivity index (χ1n) is 7.75. The van der Waals surface area contributed by atoms with Crippen LogP contribution in [0.2, 0.25) is 0 Å². The molecule has 0 saturated heterocycles. The molecule has 3 nitrogen and oxygen atoms in total. The highest BCUT2D eigenvalue weighted by molar-refractivity contribution is 6.08. The molecule has 4 heteroatoms. The van der Waals surface area contributed by atoms with E-state index < -0.39 is 0 Å². The minimum absolute atomic E-state index is 0.199. The minimum Gasteiger partial charge on any atom is -0.349 e. The lowest BCUT2D eigenvalue weighted by atomic mass is 10.0. The van der Waals surface area contributed by atoms with Crippen molar-refractivity contribution in [1.29, 1.82) is 0 Å². The molecule has 112 valence electrons. The standard InChI is InChI=1S/C18H18FN3/c1-12-9-14(19)6-7-15(12)17-11-22(10-13-4-5-13)18-16(21-17)3-2-8-20-18/h2-3,6-9,13H,4-5,10-11H2,1H3. The van der Waals surface area contributed by atoms with Gasteiger partial charge < -0.3 is 4.90 Å². The number of pyridine rings is 1. The molecule has 0 amide bonds. The number of nitrogens with zero attached hydrogens (tertiary/aromatic N) is 3. The number of rotatable bonds is 3. The third-order valence-electron chi connectivity index (χ3n) is 4.34. The average molecular weight is 295 g/mol. The number of hydrogen-bond donors (Lipinski definition) is 0. The van der Waals surface area contributed by atoms with E-state index in [0.717, 1.165) is 47.4 Å². The van der Waals surface area contributed by atoms with Gasteiger partial charge in [-0.2, -0.15) is 0 Å². The minimum atomic E-state index is -0.199. The van der Waals surface area contributed by atoms with E-state index in [1.54, 1.807) is 6.07 Å². The molecule has 2 aromatic rings. The maximum Gasteiger partial charge on any atom is 0.154 e. The lowest BCUT2D eigenvalue weighted by molar-refractivity contribution is 0.626. The van der Waals surface area contributed by atoms with Crippen molar-refractivity contribution in [2.45, 2.75) is 19.8 Å². The Kier molecular flexibility index (Phi) is 3.17. The summed E-state index contributed by atoms with van der Waals surface area (Å²) in [7, 11) is 0. The Bertz CT molecular complexity index is 750. The zero-order chi connectivity index (χ0) is 15.1. The Balaban J connectivity index is 1.75. The van der Waals surface area contributed by atoms with E-state index in [2.05, 4.69) is 9.88 Å². The van der Waals surface area contributed by atoms with Crippen LogP contribution >= 0.6 is 0 Å². The average Bonchev–Trinajstić information content (AvgIpc) is 3.31. The van der Waals surface area contributed by atoms with E-state index in [9.17, 15) is 4.39 Å². The van der Waals surface area contributed by atoms with Gasteiger partial charge in [-0.15, -0.1) is 0 Å². The number of aliphatic imine (C=N–C) groups is 1. The lowest BCUT2D eigenvalue weighted by Crippen LogP contribution is -2.35. The van der Waals surface area contributed by atoms with Crippen molar-refractivity contribution in [3.63, 3.8) is 0 Å². The monoisotopic (exact) mass is 295 g/mol. The summed E-state index contributed by atoms with van der Waals surface area (Å²) in [5, 5.41) is 0. The van der Waals surface area contributed by atoms with Gasteiger partial charge in [0.15, 0.2) is 5.82 Å². The van der Waals surface area contributed by atoms with Crippen LogP contribution in [0.4, 0.5) is 15.9 Å². The molecule has 0 N–H and O–H groups in total. The maximum atomic E-state index is 13.4. The van der Waals surface area contributed by atoms with E-state index >= 15 is 0 Å². The zero-order valence-electron chi connectivity index (χ0n) is 12.6. The SMILES string of the molecule is Cc1cc(F)ccc1C1=Nc2cccnc2N(CC2CC2)C1. The number of anilines is 1. The zero-order valence-corrected chi connectivity index (χ0v) is 12.6. The largest absolute Gasteiger partial charge is 0.349 e. The Morgan fingerprint density at radius 2 is 2.14 bits per heavy atom. The van der Waals surface area contributed by atoms with Gasteiger partial charge in [-0.1, -0.05) is 0 Å². The second-order valence-electron chi connectivity index (χ2n) is 6.19. The first kappa shape index (κ1) is 13.4. The summed E-state index contributed by atoms with van der Waals surface area (Å²) in [6, 6.07) is 8.83. The van der Waals surface area contributed by atoms with Crippen LogP contribution in [0.25, 0.3) is 0 Å². The van der Waals surface area contributed by atoms with Crippen molar-refractivity contribution < 1.29 is 4.39 Å². The molecule has 0 atom stereocenters. The molecule has 0 spiro atoms.